The van der Waals surface area contributed by atoms with Crippen LogP contribution < -0.4 is 5.73 Å². The minimum absolute atomic E-state index is 0.150. The molecule has 1 saturated carbocycles. The summed E-state index contributed by atoms with van der Waals surface area (Å²) >= 11 is 0. The summed E-state index contributed by atoms with van der Waals surface area (Å²) < 4.78 is 13.5. The molecule has 2 N–H and O–H groups in total. The van der Waals surface area contributed by atoms with Crippen molar-refractivity contribution in [3.8, 4) is 0 Å². The molecule has 0 atom stereocenters. The van der Waals surface area contributed by atoms with Crippen molar-refractivity contribution in [1.82, 2.24) is 4.98 Å². The third-order valence-corrected chi connectivity index (χ3v) is 3.11. The van der Waals surface area contributed by atoms with Gasteiger partial charge in [0, 0.05) is 19.0 Å². The molecule has 0 unspecified atom stereocenters. The second kappa shape index (κ2) is 4.61. The molecule has 0 aromatic carbocycles. The number of carbonyl (C=O) groups is 2. The average Bonchev–Trinajstić information content (AvgIpc) is 2.29. The fourth-order valence-electron chi connectivity index (χ4n) is 2.13. The standard InChI is InChI=1S/C12H13FN2O2/c13-10-5-8(6-15-11(10)12(14)17)7-1-3-9(16)4-2-7/h5-7H,1-4H2,(H2,14,17). The van der Waals surface area contributed by atoms with E-state index in [1.54, 1.807) is 0 Å². The SMILES string of the molecule is NC(=O)c1ncc(C2CCC(=O)CC2)cc1F. The van der Waals surface area contributed by atoms with Crippen molar-refractivity contribution in [3.05, 3.63) is 29.3 Å². The topological polar surface area (TPSA) is 73.1 Å². The lowest BCUT2D eigenvalue weighted by Gasteiger charge is -2.21. The molecule has 1 fully saturated rings. The number of hydrogen-bond acceptors (Lipinski definition) is 3. The van der Waals surface area contributed by atoms with E-state index in [2.05, 4.69) is 4.98 Å². The van der Waals surface area contributed by atoms with Crippen LogP contribution in [0.1, 0.15) is 47.7 Å². The number of ketones is 1. The van der Waals surface area contributed by atoms with Crippen LogP contribution in [0, 0.1) is 5.82 Å². The van der Waals surface area contributed by atoms with Crippen molar-refractivity contribution in [2.24, 2.45) is 5.73 Å². The second-order valence-corrected chi connectivity index (χ2v) is 4.28. The molecular formula is C12H13FN2O2. The van der Waals surface area contributed by atoms with E-state index >= 15 is 0 Å². The van der Waals surface area contributed by atoms with Gasteiger partial charge in [-0.25, -0.2) is 9.37 Å². The molecular weight excluding hydrogens is 223 g/mol. The van der Waals surface area contributed by atoms with E-state index in [0.29, 0.717) is 12.8 Å². The summed E-state index contributed by atoms with van der Waals surface area (Å²) in [4.78, 5) is 25.7. The zero-order valence-electron chi connectivity index (χ0n) is 9.28. The minimum Gasteiger partial charge on any atom is -0.364 e. The number of halogens is 1. The molecule has 0 radical (unpaired) electrons. The number of primary amides is 1. The number of nitrogens with zero attached hydrogens (tertiary/aromatic N) is 1. The number of amides is 1. The van der Waals surface area contributed by atoms with Gasteiger partial charge in [0.2, 0.25) is 0 Å². The van der Waals surface area contributed by atoms with E-state index in [4.69, 9.17) is 5.73 Å². The maximum Gasteiger partial charge on any atom is 0.270 e. The third kappa shape index (κ3) is 2.49. The monoisotopic (exact) mass is 236 g/mol. The number of rotatable bonds is 2. The number of nitrogens with two attached hydrogens (primary N) is 1. The van der Waals surface area contributed by atoms with Gasteiger partial charge < -0.3 is 5.73 Å². The van der Waals surface area contributed by atoms with Gasteiger partial charge in [-0.2, -0.15) is 0 Å². The third-order valence-electron chi connectivity index (χ3n) is 3.11. The maximum absolute atomic E-state index is 13.5. The van der Waals surface area contributed by atoms with Crippen molar-refractivity contribution in [2.75, 3.05) is 0 Å². The van der Waals surface area contributed by atoms with Gasteiger partial charge in [-0.3, -0.25) is 9.59 Å². The van der Waals surface area contributed by atoms with Crippen molar-refractivity contribution in [2.45, 2.75) is 31.6 Å². The zero-order valence-corrected chi connectivity index (χ0v) is 9.28. The predicted octanol–water partition coefficient (Wildman–Crippen LogP) is 1.55. The number of pyridine rings is 1. The lowest BCUT2D eigenvalue weighted by Crippen LogP contribution is -2.17. The van der Waals surface area contributed by atoms with Crippen molar-refractivity contribution >= 4 is 11.7 Å². The van der Waals surface area contributed by atoms with E-state index in [-0.39, 0.29) is 17.4 Å². The Hall–Kier alpha value is -1.78. The Morgan fingerprint density at radius 3 is 2.59 bits per heavy atom. The number of hydrogen-bond donors (Lipinski definition) is 1. The zero-order chi connectivity index (χ0) is 12.4. The van der Waals surface area contributed by atoms with Crippen LogP contribution in [0.3, 0.4) is 0 Å². The van der Waals surface area contributed by atoms with Crippen LogP contribution in [0.15, 0.2) is 12.3 Å². The van der Waals surface area contributed by atoms with E-state index in [9.17, 15) is 14.0 Å². The van der Waals surface area contributed by atoms with E-state index in [1.165, 1.54) is 12.3 Å². The predicted molar refractivity (Wildman–Crippen MR) is 58.9 cm³/mol. The van der Waals surface area contributed by atoms with E-state index < -0.39 is 11.7 Å². The molecule has 1 aromatic rings. The largest absolute Gasteiger partial charge is 0.364 e. The van der Waals surface area contributed by atoms with Crippen molar-refractivity contribution in [1.29, 1.82) is 0 Å². The fraction of sp³-hybridized carbons (Fsp3) is 0.417. The molecule has 1 aliphatic carbocycles. The molecule has 1 heterocycles. The lowest BCUT2D eigenvalue weighted by molar-refractivity contribution is -0.120. The molecule has 17 heavy (non-hydrogen) atoms. The summed E-state index contributed by atoms with van der Waals surface area (Å²) in [6, 6.07) is 1.30. The lowest BCUT2D eigenvalue weighted by atomic mass is 9.84. The van der Waals surface area contributed by atoms with Gasteiger partial charge in [0.05, 0.1) is 0 Å². The van der Waals surface area contributed by atoms with Gasteiger partial charge >= 0.3 is 0 Å². The Bertz CT molecular complexity index is 464. The molecule has 4 nitrogen and oxygen atoms in total. The Balaban J connectivity index is 2.20. The van der Waals surface area contributed by atoms with Crippen molar-refractivity contribution in [3.63, 3.8) is 0 Å². The molecule has 0 spiro atoms. The van der Waals surface area contributed by atoms with Crippen LogP contribution in [0.4, 0.5) is 4.39 Å². The molecule has 1 amide bonds. The number of carbonyl (C=O) groups excluding carboxylic acids is 2. The Labute approximate surface area is 98.0 Å². The Morgan fingerprint density at radius 2 is 2.06 bits per heavy atom. The molecule has 90 valence electrons. The van der Waals surface area contributed by atoms with Crippen molar-refractivity contribution < 1.29 is 14.0 Å². The normalized spacial score (nSPS) is 17.1. The summed E-state index contributed by atoms with van der Waals surface area (Å²) in [5, 5.41) is 0. The van der Waals surface area contributed by atoms with Crippen LogP contribution in [0.25, 0.3) is 0 Å². The van der Waals surface area contributed by atoms with Gasteiger partial charge in [-0.1, -0.05) is 0 Å². The molecule has 0 aliphatic heterocycles. The van der Waals surface area contributed by atoms with Gasteiger partial charge in [-0.05, 0) is 30.4 Å². The summed E-state index contributed by atoms with van der Waals surface area (Å²) in [6.45, 7) is 0. The summed E-state index contributed by atoms with van der Waals surface area (Å²) in [7, 11) is 0. The quantitative estimate of drug-likeness (QED) is 0.846. The average molecular weight is 236 g/mol. The first kappa shape index (κ1) is 11.7. The molecule has 2 rings (SSSR count). The van der Waals surface area contributed by atoms with E-state index in [0.717, 1.165) is 18.4 Å². The first-order valence-electron chi connectivity index (χ1n) is 5.55. The molecule has 1 aliphatic rings. The van der Waals surface area contributed by atoms with Crippen LogP contribution in [0.2, 0.25) is 0 Å². The van der Waals surface area contributed by atoms with Gasteiger partial charge in [0.1, 0.15) is 5.78 Å². The highest BCUT2D eigenvalue weighted by Gasteiger charge is 2.22. The molecule has 1 aromatic heterocycles. The van der Waals surface area contributed by atoms with Gasteiger partial charge in [0.15, 0.2) is 11.5 Å². The molecule has 5 heteroatoms. The van der Waals surface area contributed by atoms with Crippen LogP contribution in [-0.2, 0) is 4.79 Å². The Kier molecular flexibility index (Phi) is 3.17. The maximum atomic E-state index is 13.5. The minimum atomic E-state index is -0.868. The first-order chi connectivity index (χ1) is 8.08. The smallest absolute Gasteiger partial charge is 0.270 e. The Morgan fingerprint density at radius 1 is 1.41 bits per heavy atom. The summed E-state index contributed by atoms with van der Waals surface area (Å²) in [5.74, 6) is -1.15. The van der Waals surface area contributed by atoms with E-state index in [1.807, 2.05) is 0 Å². The van der Waals surface area contributed by atoms with Crippen LogP contribution in [-0.4, -0.2) is 16.7 Å². The summed E-state index contributed by atoms with van der Waals surface area (Å²) in [6.07, 6.45) is 3.98. The first-order valence-corrected chi connectivity index (χ1v) is 5.55. The van der Waals surface area contributed by atoms with Gasteiger partial charge in [0.25, 0.3) is 5.91 Å². The van der Waals surface area contributed by atoms with Crippen LogP contribution >= 0.6 is 0 Å². The molecule has 0 bridgehead atoms. The number of aromatic nitrogens is 1. The summed E-state index contributed by atoms with van der Waals surface area (Å²) in [5.41, 5.74) is 5.38. The highest BCUT2D eigenvalue weighted by Crippen LogP contribution is 2.31. The van der Waals surface area contributed by atoms with Gasteiger partial charge in [-0.15, -0.1) is 0 Å². The second-order valence-electron chi connectivity index (χ2n) is 4.28. The highest BCUT2D eigenvalue weighted by atomic mass is 19.1. The number of Topliss-reactive ketones (excluding diaryl/α,β-unsaturated/α-hetero) is 1. The van der Waals surface area contributed by atoms with Crippen LogP contribution in [0.5, 0.6) is 0 Å². The highest BCUT2D eigenvalue weighted by molar-refractivity contribution is 5.91. The molecule has 0 saturated heterocycles. The fourth-order valence-corrected chi connectivity index (χ4v) is 2.13.